The number of amides is 1. The van der Waals surface area contributed by atoms with Crippen LogP contribution in [0.3, 0.4) is 0 Å². The molecule has 1 aromatic rings. The van der Waals surface area contributed by atoms with E-state index in [0.717, 1.165) is 6.21 Å². The van der Waals surface area contributed by atoms with E-state index < -0.39 is 5.91 Å². The Balaban J connectivity index is 2.98. The lowest BCUT2D eigenvalue weighted by Gasteiger charge is -1.89. The van der Waals surface area contributed by atoms with Gasteiger partial charge in [0.2, 0.25) is 5.69 Å². The van der Waals surface area contributed by atoms with Gasteiger partial charge in [0, 0.05) is 0 Å². The molecular formula is C4H4N4O4. The second-order valence-corrected chi connectivity index (χ2v) is 1.68. The molecule has 0 aromatic carbocycles. The largest absolute Gasteiger partial charge is 0.411 e. The predicted octanol–water partition coefficient (Wildman–Crippen LogP) is -1.00. The number of carbonyl (C=O) groups is 1. The Morgan fingerprint density at radius 3 is 3.00 bits per heavy atom. The lowest BCUT2D eigenvalue weighted by molar-refractivity contribution is 0.0695. The summed E-state index contributed by atoms with van der Waals surface area (Å²) in [6, 6.07) is 0. The normalized spacial score (nSPS) is 10.4. The van der Waals surface area contributed by atoms with Gasteiger partial charge < -0.3 is 5.21 Å². The third-order valence-electron chi connectivity index (χ3n) is 1.01. The highest BCUT2D eigenvalue weighted by Gasteiger charge is 2.15. The SMILES string of the molecule is O=C(NO)c1nonc1/C=N\O. The standard InChI is InChI=1S/C4H4N4O4/c9-4(6-11)3-2(1-5-10)7-12-8-3/h1,10-11H,(H,6,9)/b5-1-. The van der Waals surface area contributed by atoms with Crippen molar-refractivity contribution in [3.05, 3.63) is 11.4 Å². The van der Waals surface area contributed by atoms with Crippen molar-refractivity contribution < 1.29 is 19.8 Å². The topological polar surface area (TPSA) is 121 Å². The van der Waals surface area contributed by atoms with Crippen LogP contribution in [-0.2, 0) is 0 Å². The Kier molecular flexibility index (Phi) is 2.33. The first-order valence-electron chi connectivity index (χ1n) is 2.74. The molecule has 1 rings (SSSR count). The molecule has 0 aliphatic carbocycles. The summed E-state index contributed by atoms with van der Waals surface area (Å²) >= 11 is 0. The Morgan fingerprint density at radius 2 is 2.42 bits per heavy atom. The van der Waals surface area contributed by atoms with Gasteiger partial charge in [0.15, 0.2) is 5.69 Å². The van der Waals surface area contributed by atoms with Crippen LogP contribution in [0.1, 0.15) is 16.2 Å². The van der Waals surface area contributed by atoms with Gasteiger partial charge >= 0.3 is 0 Å². The van der Waals surface area contributed by atoms with Gasteiger partial charge in [-0.2, -0.15) is 0 Å². The molecule has 3 N–H and O–H groups in total. The zero-order chi connectivity index (χ0) is 8.97. The van der Waals surface area contributed by atoms with Crippen molar-refractivity contribution in [2.24, 2.45) is 5.16 Å². The maximum atomic E-state index is 10.7. The first-order valence-corrected chi connectivity index (χ1v) is 2.74. The molecule has 8 heteroatoms. The minimum atomic E-state index is -0.897. The Hall–Kier alpha value is -1.96. The predicted molar refractivity (Wildman–Crippen MR) is 32.9 cm³/mol. The highest BCUT2D eigenvalue weighted by Crippen LogP contribution is 1.98. The highest BCUT2D eigenvalue weighted by molar-refractivity contribution is 5.98. The number of hydroxylamine groups is 1. The van der Waals surface area contributed by atoms with Crippen molar-refractivity contribution in [1.82, 2.24) is 15.8 Å². The number of hydrogen-bond donors (Lipinski definition) is 3. The maximum absolute atomic E-state index is 10.7. The average molecular weight is 172 g/mol. The van der Waals surface area contributed by atoms with Gasteiger partial charge in [-0.25, -0.2) is 10.1 Å². The van der Waals surface area contributed by atoms with Crippen molar-refractivity contribution in [1.29, 1.82) is 0 Å². The first kappa shape index (κ1) is 8.14. The minimum Gasteiger partial charge on any atom is -0.411 e. The molecular weight excluding hydrogens is 168 g/mol. The highest BCUT2D eigenvalue weighted by atomic mass is 16.6. The molecule has 8 nitrogen and oxygen atoms in total. The molecule has 1 aromatic heterocycles. The van der Waals surface area contributed by atoms with Crippen molar-refractivity contribution in [2.45, 2.75) is 0 Å². The summed E-state index contributed by atoms with van der Waals surface area (Å²) in [5.41, 5.74) is 0.974. The third-order valence-corrected chi connectivity index (χ3v) is 1.01. The van der Waals surface area contributed by atoms with E-state index in [1.165, 1.54) is 5.48 Å². The molecule has 0 radical (unpaired) electrons. The van der Waals surface area contributed by atoms with Gasteiger partial charge in [-0.1, -0.05) is 5.16 Å². The van der Waals surface area contributed by atoms with Crippen LogP contribution in [-0.4, -0.2) is 32.8 Å². The van der Waals surface area contributed by atoms with Gasteiger partial charge in [-0.15, -0.1) is 0 Å². The van der Waals surface area contributed by atoms with E-state index in [1.54, 1.807) is 0 Å². The molecule has 0 bridgehead atoms. The van der Waals surface area contributed by atoms with Gasteiger partial charge in [-0.3, -0.25) is 10.0 Å². The van der Waals surface area contributed by atoms with Crippen LogP contribution in [0.4, 0.5) is 0 Å². The van der Waals surface area contributed by atoms with E-state index in [0.29, 0.717) is 0 Å². The second-order valence-electron chi connectivity index (χ2n) is 1.68. The van der Waals surface area contributed by atoms with E-state index in [4.69, 9.17) is 10.4 Å². The molecule has 0 aliphatic heterocycles. The Labute approximate surface area is 65.4 Å². The third kappa shape index (κ3) is 1.37. The molecule has 64 valence electrons. The minimum absolute atomic E-state index is 0.0796. The van der Waals surface area contributed by atoms with Crippen LogP contribution in [0.5, 0.6) is 0 Å². The summed E-state index contributed by atoms with van der Waals surface area (Å²) in [7, 11) is 0. The number of carbonyl (C=O) groups excluding carboxylic acids is 1. The zero-order valence-electron chi connectivity index (χ0n) is 5.63. The van der Waals surface area contributed by atoms with Crippen LogP contribution in [0.2, 0.25) is 0 Å². The van der Waals surface area contributed by atoms with Gasteiger partial charge in [0.1, 0.15) is 0 Å². The molecule has 0 unspecified atom stereocenters. The fourth-order valence-corrected chi connectivity index (χ4v) is 0.545. The molecule has 0 fully saturated rings. The lowest BCUT2D eigenvalue weighted by Crippen LogP contribution is -2.20. The molecule has 0 atom stereocenters. The van der Waals surface area contributed by atoms with Crippen LogP contribution in [0.15, 0.2) is 9.78 Å². The molecule has 0 aliphatic rings. The van der Waals surface area contributed by atoms with Crippen molar-refractivity contribution >= 4 is 12.1 Å². The molecule has 0 saturated heterocycles. The van der Waals surface area contributed by atoms with E-state index in [2.05, 4.69) is 20.1 Å². The number of aromatic nitrogens is 2. The van der Waals surface area contributed by atoms with Gasteiger partial charge in [0.05, 0.1) is 6.21 Å². The van der Waals surface area contributed by atoms with E-state index in [1.807, 2.05) is 0 Å². The summed E-state index contributed by atoms with van der Waals surface area (Å²) in [6.07, 6.45) is 0.848. The van der Waals surface area contributed by atoms with Crippen molar-refractivity contribution in [3.8, 4) is 0 Å². The fraction of sp³-hybridized carbons (Fsp3) is 0. The fourth-order valence-electron chi connectivity index (χ4n) is 0.545. The van der Waals surface area contributed by atoms with Crippen LogP contribution in [0, 0.1) is 0 Å². The van der Waals surface area contributed by atoms with E-state index >= 15 is 0 Å². The Morgan fingerprint density at radius 1 is 1.67 bits per heavy atom. The Bertz CT molecular complexity index is 306. The molecule has 0 saturated carbocycles. The molecule has 1 amide bonds. The summed E-state index contributed by atoms with van der Waals surface area (Å²) in [5.74, 6) is -0.897. The summed E-state index contributed by atoms with van der Waals surface area (Å²) in [4.78, 5) is 10.7. The number of nitrogens with zero attached hydrogens (tertiary/aromatic N) is 3. The summed E-state index contributed by atoms with van der Waals surface area (Å²) in [6.45, 7) is 0. The maximum Gasteiger partial charge on any atom is 0.299 e. The summed E-state index contributed by atoms with van der Waals surface area (Å²) in [5, 5.41) is 25.2. The average Bonchev–Trinajstić information content (AvgIpc) is 2.52. The number of rotatable bonds is 2. The van der Waals surface area contributed by atoms with Crippen LogP contribution < -0.4 is 5.48 Å². The smallest absolute Gasteiger partial charge is 0.299 e. The van der Waals surface area contributed by atoms with Crippen molar-refractivity contribution in [3.63, 3.8) is 0 Å². The molecule has 12 heavy (non-hydrogen) atoms. The zero-order valence-corrected chi connectivity index (χ0v) is 5.63. The van der Waals surface area contributed by atoms with E-state index in [-0.39, 0.29) is 11.4 Å². The summed E-state index contributed by atoms with van der Waals surface area (Å²) < 4.78 is 4.15. The van der Waals surface area contributed by atoms with Gasteiger partial charge in [0.25, 0.3) is 5.91 Å². The number of nitrogens with one attached hydrogen (secondary N) is 1. The number of oxime groups is 1. The lowest BCUT2D eigenvalue weighted by atomic mass is 10.3. The second kappa shape index (κ2) is 3.44. The monoisotopic (exact) mass is 172 g/mol. The van der Waals surface area contributed by atoms with Crippen molar-refractivity contribution in [2.75, 3.05) is 0 Å². The van der Waals surface area contributed by atoms with Crippen LogP contribution in [0.25, 0.3) is 0 Å². The molecule has 1 heterocycles. The van der Waals surface area contributed by atoms with Gasteiger partial charge in [-0.05, 0) is 10.3 Å². The number of hydrogen-bond acceptors (Lipinski definition) is 7. The first-order chi connectivity index (χ1) is 5.79. The quantitative estimate of drug-likeness (QED) is 0.227. The van der Waals surface area contributed by atoms with E-state index in [9.17, 15) is 4.79 Å². The van der Waals surface area contributed by atoms with Crippen LogP contribution >= 0.6 is 0 Å². The molecule has 0 spiro atoms.